The van der Waals surface area contributed by atoms with Crippen LogP contribution in [0.1, 0.15) is 44.7 Å². The van der Waals surface area contributed by atoms with Crippen LogP contribution in [0.2, 0.25) is 0 Å². The molecule has 1 aliphatic carbocycles. The fourth-order valence-corrected chi connectivity index (χ4v) is 3.06. The molecule has 1 spiro atoms. The van der Waals surface area contributed by atoms with Crippen LogP contribution in [0.3, 0.4) is 0 Å². The van der Waals surface area contributed by atoms with Crippen LogP contribution in [0, 0.1) is 0 Å². The van der Waals surface area contributed by atoms with Crippen molar-refractivity contribution in [3.05, 3.63) is 35.4 Å². The largest absolute Gasteiger partial charge is 0.351 e. The Morgan fingerprint density at radius 1 is 1.30 bits per heavy atom. The molecule has 1 amide bonds. The molecule has 0 radical (unpaired) electrons. The first-order valence-corrected chi connectivity index (χ1v) is 7.19. The van der Waals surface area contributed by atoms with Crippen LogP contribution in [0.4, 0.5) is 0 Å². The van der Waals surface area contributed by atoms with Gasteiger partial charge in [0.25, 0.3) is 5.91 Å². The number of benzene rings is 1. The third-order valence-electron chi connectivity index (χ3n) is 3.85. The van der Waals surface area contributed by atoms with Crippen LogP contribution in [0.25, 0.3) is 0 Å². The van der Waals surface area contributed by atoms with Crippen LogP contribution in [0.5, 0.6) is 0 Å². The molecule has 1 aromatic rings. The molecule has 20 heavy (non-hydrogen) atoms. The molecule has 1 atom stereocenters. The summed E-state index contributed by atoms with van der Waals surface area (Å²) in [4.78, 5) is 17.3. The molecule has 0 fully saturated rings. The molecule has 1 heterocycles. The minimum absolute atomic E-state index is 0.00333. The average molecular weight is 271 g/mol. The number of aliphatic imine (C=N–C) groups is 1. The normalized spacial score (nSPS) is 25.1. The SMILES string of the molecule is CC(C)(C)NC1=NC2(CCCc3ccccc32)C(=O)N1. The first kappa shape index (κ1) is 13.2. The molecule has 0 bridgehead atoms. The minimum atomic E-state index is -0.720. The number of guanidine groups is 1. The van der Waals surface area contributed by atoms with Crippen molar-refractivity contribution in [2.45, 2.75) is 51.1 Å². The molecule has 2 aliphatic rings. The van der Waals surface area contributed by atoms with E-state index in [1.54, 1.807) is 0 Å². The van der Waals surface area contributed by atoms with E-state index in [0.717, 1.165) is 24.8 Å². The summed E-state index contributed by atoms with van der Waals surface area (Å²) in [5, 5.41) is 6.18. The van der Waals surface area contributed by atoms with Gasteiger partial charge in [0.05, 0.1) is 0 Å². The summed E-state index contributed by atoms with van der Waals surface area (Å²) in [5.74, 6) is 0.593. The Balaban J connectivity index is 2.03. The molecule has 0 saturated heterocycles. The summed E-state index contributed by atoms with van der Waals surface area (Å²) in [7, 11) is 0. The van der Waals surface area contributed by atoms with Crippen molar-refractivity contribution in [3.8, 4) is 0 Å². The van der Waals surface area contributed by atoms with Crippen LogP contribution in [-0.2, 0) is 16.8 Å². The van der Waals surface area contributed by atoms with Gasteiger partial charge in [-0.1, -0.05) is 24.3 Å². The molecular weight excluding hydrogens is 250 g/mol. The number of rotatable bonds is 0. The lowest BCUT2D eigenvalue weighted by Gasteiger charge is -2.30. The van der Waals surface area contributed by atoms with E-state index in [1.807, 2.05) is 18.2 Å². The van der Waals surface area contributed by atoms with Crippen molar-refractivity contribution in [1.29, 1.82) is 0 Å². The molecule has 4 nitrogen and oxygen atoms in total. The Labute approximate surface area is 119 Å². The molecule has 0 saturated carbocycles. The van der Waals surface area contributed by atoms with Gasteiger partial charge in [0.15, 0.2) is 11.5 Å². The van der Waals surface area contributed by atoms with Crippen LogP contribution >= 0.6 is 0 Å². The second-order valence-corrected chi connectivity index (χ2v) is 6.66. The zero-order valence-corrected chi connectivity index (χ0v) is 12.3. The topological polar surface area (TPSA) is 53.5 Å². The van der Waals surface area contributed by atoms with Crippen molar-refractivity contribution in [3.63, 3.8) is 0 Å². The lowest BCUT2D eigenvalue weighted by Crippen LogP contribution is -2.47. The fraction of sp³-hybridized carbons (Fsp3) is 0.500. The van der Waals surface area contributed by atoms with Crippen molar-refractivity contribution < 1.29 is 4.79 Å². The molecule has 3 rings (SSSR count). The molecule has 106 valence electrons. The molecule has 1 aliphatic heterocycles. The molecule has 0 aromatic heterocycles. The number of nitrogens with zero attached hydrogens (tertiary/aromatic N) is 1. The summed E-state index contributed by atoms with van der Waals surface area (Å²) in [6, 6.07) is 8.17. The standard InChI is InChI=1S/C16H21N3O/c1-15(2,3)18-14-17-13(20)16(19-14)10-6-8-11-7-4-5-9-12(11)16/h4-5,7,9H,6,8,10H2,1-3H3,(H2,17,18,19,20). The van der Waals surface area contributed by atoms with Crippen molar-refractivity contribution in [2.24, 2.45) is 4.99 Å². The lowest BCUT2D eigenvalue weighted by molar-refractivity contribution is -0.124. The predicted molar refractivity (Wildman–Crippen MR) is 79.5 cm³/mol. The highest BCUT2D eigenvalue weighted by atomic mass is 16.2. The first-order chi connectivity index (χ1) is 9.41. The summed E-state index contributed by atoms with van der Waals surface area (Å²) in [6.07, 6.45) is 2.81. The number of hydrogen-bond donors (Lipinski definition) is 2. The smallest absolute Gasteiger partial charge is 0.259 e. The van der Waals surface area contributed by atoms with Crippen LogP contribution < -0.4 is 10.6 Å². The van der Waals surface area contributed by atoms with E-state index in [9.17, 15) is 4.79 Å². The zero-order chi connectivity index (χ0) is 14.4. The van der Waals surface area contributed by atoms with Crippen molar-refractivity contribution in [1.82, 2.24) is 10.6 Å². The molecule has 2 N–H and O–H groups in total. The van der Waals surface area contributed by atoms with Crippen LogP contribution in [-0.4, -0.2) is 17.4 Å². The van der Waals surface area contributed by atoms with Crippen molar-refractivity contribution >= 4 is 11.9 Å². The summed E-state index contributed by atoms with van der Waals surface area (Å²) < 4.78 is 0. The van der Waals surface area contributed by atoms with E-state index in [4.69, 9.17) is 4.99 Å². The van der Waals surface area contributed by atoms with E-state index in [0.29, 0.717) is 5.96 Å². The maximum atomic E-state index is 12.5. The average Bonchev–Trinajstić information content (AvgIpc) is 2.65. The summed E-state index contributed by atoms with van der Waals surface area (Å²) in [5.41, 5.74) is 1.47. The summed E-state index contributed by atoms with van der Waals surface area (Å²) in [6.45, 7) is 6.17. The Morgan fingerprint density at radius 3 is 2.80 bits per heavy atom. The van der Waals surface area contributed by atoms with Gasteiger partial charge in [-0.25, -0.2) is 4.99 Å². The third kappa shape index (κ3) is 2.09. The summed E-state index contributed by atoms with van der Waals surface area (Å²) >= 11 is 0. The van der Waals surface area contributed by atoms with Crippen LogP contribution in [0.15, 0.2) is 29.3 Å². The highest BCUT2D eigenvalue weighted by molar-refractivity contribution is 6.08. The van der Waals surface area contributed by atoms with Gasteiger partial charge in [-0.15, -0.1) is 0 Å². The van der Waals surface area contributed by atoms with Gasteiger partial charge in [0.2, 0.25) is 0 Å². The number of nitrogens with one attached hydrogen (secondary N) is 2. The second kappa shape index (κ2) is 4.33. The third-order valence-corrected chi connectivity index (χ3v) is 3.85. The van der Waals surface area contributed by atoms with Gasteiger partial charge in [0.1, 0.15) is 0 Å². The lowest BCUT2D eigenvalue weighted by atomic mass is 9.77. The Hall–Kier alpha value is -1.84. The van der Waals surface area contributed by atoms with Gasteiger partial charge >= 0.3 is 0 Å². The van der Waals surface area contributed by atoms with E-state index >= 15 is 0 Å². The van der Waals surface area contributed by atoms with Gasteiger partial charge in [-0.3, -0.25) is 10.1 Å². The molecular formula is C16H21N3O. The van der Waals surface area contributed by atoms with Gasteiger partial charge < -0.3 is 5.32 Å². The monoisotopic (exact) mass is 271 g/mol. The van der Waals surface area contributed by atoms with E-state index in [2.05, 4.69) is 37.5 Å². The Kier molecular flexibility index (Phi) is 2.85. The minimum Gasteiger partial charge on any atom is -0.351 e. The Morgan fingerprint density at radius 2 is 2.05 bits per heavy atom. The number of amides is 1. The maximum absolute atomic E-state index is 12.5. The number of aryl methyl sites for hydroxylation is 1. The highest BCUT2D eigenvalue weighted by Crippen LogP contribution is 2.40. The van der Waals surface area contributed by atoms with Gasteiger partial charge in [0, 0.05) is 5.54 Å². The Bertz CT molecular complexity index is 586. The molecule has 1 unspecified atom stereocenters. The zero-order valence-electron chi connectivity index (χ0n) is 12.3. The number of fused-ring (bicyclic) bond motifs is 2. The van der Waals surface area contributed by atoms with E-state index in [1.165, 1.54) is 5.56 Å². The van der Waals surface area contributed by atoms with E-state index in [-0.39, 0.29) is 11.4 Å². The van der Waals surface area contributed by atoms with Gasteiger partial charge in [-0.05, 0) is 51.2 Å². The second-order valence-electron chi connectivity index (χ2n) is 6.66. The fourth-order valence-electron chi connectivity index (χ4n) is 3.06. The van der Waals surface area contributed by atoms with Gasteiger partial charge in [-0.2, -0.15) is 0 Å². The number of carbonyl (C=O) groups excluding carboxylic acids is 1. The molecule has 1 aromatic carbocycles. The predicted octanol–water partition coefficient (Wildman–Crippen LogP) is 2.09. The van der Waals surface area contributed by atoms with Crippen molar-refractivity contribution in [2.75, 3.05) is 0 Å². The number of carbonyl (C=O) groups is 1. The number of hydrogen-bond acceptors (Lipinski definition) is 3. The quantitative estimate of drug-likeness (QED) is 0.759. The molecule has 4 heteroatoms. The maximum Gasteiger partial charge on any atom is 0.259 e. The highest BCUT2D eigenvalue weighted by Gasteiger charge is 2.47. The van der Waals surface area contributed by atoms with E-state index < -0.39 is 5.54 Å². The first-order valence-electron chi connectivity index (χ1n) is 7.19.